The third-order valence-corrected chi connectivity index (χ3v) is 5.42. The van der Waals surface area contributed by atoms with E-state index in [-0.39, 0.29) is 5.91 Å². The molecule has 0 spiro atoms. The average molecular weight is 381 g/mol. The highest BCUT2D eigenvalue weighted by Crippen LogP contribution is 2.23. The fourth-order valence-electron chi connectivity index (χ4n) is 2.69. The van der Waals surface area contributed by atoms with Gasteiger partial charge >= 0.3 is 0 Å². The second kappa shape index (κ2) is 8.82. The molecule has 0 radical (unpaired) electrons. The van der Waals surface area contributed by atoms with Crippen molar-refractivity contribution in [3.8, 4) is 16.3 Å². The van der Waals surface area contributed by atoms with Crippen molar-refractivity contribution in [2.24, 2.45) is 0 Å². The Kier molecular flexibility index (Phi) is 6.24. The van der Waals surface area contributed by atoms with E-state index in [1.165, 1.54) is 0 Å². The van der Waals surface area contributed by atoms with Crippen LogP contribution in [0.15, 0.2) is 53.9 Å². The van der Waals surface area contributed by atoms with E-state index in [2.05, 4.69) is 22.4 Å². The number of hydrogen-bond donors (Lipinski definition) is 1. The summed E-state index contributed by atoms with van der Waals surface area (Å²) in [6, 6.07) is 16.0. The van der Waals surface area contributed by atoms with Gasteiger partial charge in [-0.1, -0.05) is 42.5 Å². The zero-order valence-corrected chi connectivity index (χ0v) is 16.7. The zero-order chi connectivity index (χ0) is 19.2. The average Bonchev–Trinajstić information content (AvgIpc) is 3.15. The quantitative estimate of drug-likeness (QED) is 0.654. The molecule has 1 aromatic heterocycles. The summed E-state index contributed by atoms with van der Waals surface area (Å²) in [5.41, 5.74) is 4.32. The number of hydrogen-bond acceptors (Lipinski definition) is 4. The molecule has 0 aliphatic carbocycles. The number of thiazole rings is 1. The molecule has 0 saturated heterocycles. The Morgan fingerprint density at radius 3 is 2.70 bits per heavy atom. The molecular formula is C22H24N2O2S. The molecule has 2 aromatic carbocycles. The summed E-state index contributed by atoms with van der Waals surface area (Å²) in [5, 5.41) is 5.98. The summed E-state index contributed by atoms with van der Waals surface area (Å²) in [6.45, 7) is 6.34. The minimum Gasteiger partial charge on any atom is -0.481 e. The maximum atomic E-state index is 12.3. The lowest BCUT2D eigenvalue weighted by atomic mass is 10.1. The first kappa shape index (κ1) is 19.1. The van der Waals surface area contributed by atoms with E-state index in [1.54, 1.807) is 18.3 Å². The third kappa shape index (κ3) is 4.95. The van der Waals surface area contributed by atoms with E-state index < -0.39 is 6.10 Å². The fraction of sp³-hybridized carbons (Fsp3) is 0.273. The number of nitrogens with zero attached hydrogens (tertiary/aromatic N) is 1. The Morgan fingerprint density at radius 1 is 1.15 bits per heavy atom. The minimum absolute atomic E-state index is 0.116. The van der Waals surface area contributed by atoms with Crippen LogP contribution in [0.3, 0.4) is 0 Å². The van der Waals surface area contributed by atoms with Gasteiger partial charge < -0.3 is 10.1 Å². The van der Waals surface area contributed by atoms with Crippen molar-refractivity contribution in [2.75, 3.05) is 6.54 Å². The minimum atomic E-state index is -0.541. The van der Waals surface area contributed by atoms with Gasteiger partial charge in [0.15, 0.2) is 6.10 Å². The highest BCUT2D eigenvalue weighted by Gasteiger charge is 2.15. The van der Waals surface area contributed by atoms with Crippen LogP contribution in [0.1, 0.15) is 23.7 Å². The summed E-state index contributed by atoms with van der Waals surface area (Å²) in [4.78, 5) is 17.0. The smallest absolute Gasteiger partial charge is 0.260 e. The van der Waals surface area contributed by atoms with E-state index in [9.17, 15) is 4.79 Å². The number of ether oxygens (including phenoxy) is 1. The second-order valence-corrected chi connectivity index (χ2v) is 7.37. The van der Waals surface area contributed by atoms with Gasteiger partial charge in [-0.3, -0.25) is 4.79 Å². The van der Waals surface area contributed by atoms with E-state index in [4.69, 9.17) is 4.74 Å². The molecule has 1 heterocycles. The lowest BCUT2D eigenvalue weighted by Crippen LogP contribution is -2.37. The van der Waals surface area contributed by atoms with Crippen LogP contribution in [0.5, 0.6) is 5.75 Å². The Hall–Kier alpha value is -2.66. The molecule has 0 bridgehead atoms. The third-order valence-electron chi connectivity index (χ3n) is 4.48. The van der Waals surface area contributed by atoms with E-state index in [0.29, 0.717) is 13.0 Å². The molecule has 5 heteroatoms. The Labute approximate surface area is 164 Å². The first-order valence-corrected chi connectivity index (χ1v) is 9.93. The monoisotopic (exact) mass is 380 g/mol. The molecule has 1 amide bonds. The normalized spacial score (nSPS) is 11.8. The number of nitrogens with one attached hydrogen (secondary N) is 1. The van der Waals surface area contributed by atoms with Gasteiger partial charge in [0.2, 0.25) is 0 Å². The lowest BCUT2D eigenvalue weighted by molar-refractivity contribution is -0.127. The van der Waals surface area contributed by atoms with Crippen LogP contribution < -0.4 is 10.1 Å². The Balaban J connectivity index is 1.49. The highest BCUT2D eigenvalue weighted by molar-refractivity contribution is 7.13. The van der Waals surface area contributed by atoms with Gasteiger partial charge in [-0.05, 0) is 38.0 Å². The Morgan fingerprint density at radius 2 is 1.93 bits per heavy atom. The number of aryl methyl sites for hydroxylation is 1. The van der Waals surface area contributed by atoms with Crippen molar-refractivity contribution in [2.45, 2.75) is 33.3 Å². The van der Waals surface area contributed by atoms with Crippen molar-refractivity contribution < 1.29 is 9.53 Å². The molecule has 140 valence electrons. The number of carbonyl (C=O) groups excluding carboxylic acids is 1. The van der Waals surface area contributed by atoms with Crippen molar-refractivity contribution in [3.05, 3.63) is 70.7 Å². The van der Waals surface area contributed by atoms with Crippen LogP contribution in [0.2, 0.25) is 0 Å². The predicted molar refractivity (Wildman–Crippen MR) is 110 cm³/mol. The SMILES string of the molecule is Cc1cccc(O[C@@H](C)C(=O)NCCc2csc(-c3ccccc3)n2)c1C. The molecule has 0 fully saturated rings. The van der Waals surface area contributed by atoms with E-state index in [1.807, 2.05) is 55.6 Å². The van der Waals surface area contributed by atoms with E-state index >= 15 is 0 Å². The van der Waals surface area contributed by atoms with Gasteiger partial charge in [-0.25, -0.2) is 4.98 Å². The van der Waals surface area contributed by atoms with Crippen molar-refractivity contribution in [3.63, 3.8) is 0 Å². The molecular weight excluding hydrogens is 356 g/mol. The molecule has 0 saturated carbocycles. The van der Waals surface area contributed by atoms with Crippen LogP contribution in [0.4, 0.5) is 0 Å². The van der Waals surface area contributed by atoms with Crippen LogP contribution in [0, 0.1) is 13.8 Å². The maximum Gasteiger partial charge on any atom is 0.260 e. The first-order chi connectivity index (χ1) is 13.0. The van der Waals surface area contributed by atoms with E-state index in [0.717, 1.165) is 33.1 Å². The summed E-state index contributed by atoms with van der Waals surface area (Å²) in [5.74, 6) is 0.638. The fourth-order valence-corrected chi connectivity index (χ4v) is 3.55. The van der Waals surface area contributed by atoms with Gasteiger partial charge in [0.05, 0.1) is 5.69 Å². The van der Waals surface area contributed by atoms with Crippen LogP contribution in [-0.4, -0.2) is 23.5 Å². The predicted octanol–water partition coefficient (Wildman–Crippen LogP) is 4.55. The molecule has 4 nitrogen and oxygen atoms in total. The molecule has 1 N–H and O–H groups in total. The first-order valence-electron chi connectivity index (χ1n) is 9.05. The van der Waals surface area contributed by atoms with Gasteiger partial charge in [0.1, 0.15) is 10.8 Å². The maximum absolute atomic E-state index is 12.3. The number of amides is 1. The standard InChI is InChI=1S/C22H24N2O2S/c1-15-8-7-11-20(16(15)2)26-17(3)21(25)23-13-12-19-14-27-22(24-19)18-9-5-4-6-10-18/h4-11,14,17H,12-13H2,1-3H3,(H,23,25)/t17-/m0/s1. The number of aromatic nitrogens is 1. The van der Waals surface area contributed by atoms with Gasteiger partial charge in [0.25, 0.3) is 5.91 Å². The number of rotatable bonds is 7. The van der Waals surface area contributed by atoms with Gasteiger partial charge in [-0.2, -0.15) is 0 Å². The molecule has 27 heavy (non-hydrogen) atoms. The van der Waals surface area contributed by atoms with Gasteiger partial charge in [0, 0.05) is 23.9 Å². The van der Waals surface area contributed by atoms with Gasteiger partial charge in [-0.15, -0.1) is 11.3 Å². The van der Waals surface area contributed by atoms with Crippen LogP contribution in [0.25, 0.3) is 10.6 Å². The van der Waals surface area contributed by atoms with Crippen LogP contribution in [-0.2, 0) is 11.2 Å². The zero-order valence-electron chi connectivity index (χ0n) is 15.9. The molecule has 3 rings (SSSR count). The molecule has 0 aliphatic heterocycles. The molecule has 3 aromatic rings. The second-order valence-electron chi connectivity index (χ2n) is 6.51. The topological polar surface area (TPSA) is 51.2 Å². The summed E-state index contributed by atoms with van der Waals surface area (Å²) >= 11 is 1.62. The van der Waals surface area contributed by atoms with Crippen molar-refractivity contribution in [1.29, 1.82) is 0 Å². The molecule has 1 atom stereocenters. The summed E-state index contributed by atoms with van der Waals surface area (Å²) in [6.07, 6.45) is 0.159. The molecule has 0 unspecified atom stereocenters. The van der Waals surface area contributed by atoms with Crippen LogP contribution >= 0.6 is 11.3 Å². The molecule has 0 aliphatic rings. The largest absolute Gasteiger partial charge is 0.481 e. The lowest BCUT2D eigenvalue weighted by Gasteiger charge is -2.17. The Bertz CT molecular complexity index is 906. The number of carbonyl (C=O) groups is 1. The summed E-state index contributed by atoms with van der Waals surface area (Å²) in [7, 11) is 0. The highest BCUT2D eigenvalue weighted by atomic mass is 32.1. The van der Waals surface area contributed by atoms with Crippen molar-refractivity contribution >= 4 is 17.2 Å². The summed E-state index contributed by atoms with van der Waals surface area (Å²) < 4.78 is 5.83. The number of benzene rings is 2. The van der Waals surface area contributed by atoms with Crippen molar-refractivity contribution in [1.82, 2.24) is 10.3 Å².